The first-order valence-corrected chi connectivity index (χ1v) is 10.9. The maximum atomic E-state index is 13.2. The van der Waals surface area contributed by atoms with E-state index in [1.165, 1.54) is 17.7 Å². The van der Waals surface area contributed by atoms with Crippen molar-refractivity contribution in [3.63, 3.8) is 0 Å². The van der Waals surface area contributed by atoms with Gasteiger partial charge in [0.25, 0.3) is 0 Å². The number of rotatable bonds is 10. The minimum Gasteiger partial charge on any atom is -0.308 e. The van der Waals surface area contributed by atoms with Crippen molar-refractivity contribution in [2.75, 3.05) is 12.4 Å². The van der Waals surface area contributed by atoms with Gasteiger partial charge in [0.05, 0.1) is 11.2 Å². The van der Waals surface area contributed by atoms with E-state index in [2.05, 4.69) is 52.5 Å². The number of hydrogen-bond acceptors (Lipinski definition) is 4. The molecule has 1 unspecified atom stereocenters. The normalized spacial score (nSPS) is 12.1. The predicted molar refractivity (Wildman–Crippen MR) is 128 cm³/mol. The molecular weight excluding hydrogens is 479 g/mol. The fourth-order valence-corrected chi connectivity index (χ4v) is 3.41. The third kappa shape index (κ3) is 10.0. The highest BCUT2D eigenvalue weighted by Crippen LogP contribution is 2.21. The van der Waals surface area contributed by atoms with Gasteiger partial charge in [-0.15, -0.1) is 0 Å². The van der Waals surface area contributed by atoms with E-state index in [-0.39, 0.29) is 17.6 Å². The van der Waals surface area contributed by atoms with Crippen LogP contribution in [0.3, 0.4) is 0 Å². The van der Waals surface area contributed by atoms with E-state index in [4.69, 9.17) is 0 Å². The summed E-state index contributed by atoms with van der Waals surface area (Å²) >= 11 is 3.08. The SMILES string of the molecule is CNC(C=O)(CCc1ccccc1)CC(C)C.O=CNNC(=O)Nc1ccc(Br)cc1F. The Hall–Kier alpha value is -2.78. The Morgan fingerprint density at radius 3 is 2.38 bits per heavy atom. The Kier molecular flexibility index (Phi) is 12.2. The molecule has 2 aromatic carbocycles. The second kappa shape index (κ2) is 14.3. The van der Waals surface area contributed by atoms with Crippen LogP contribution in [0.5, 0.6) is 0 Å². The number of anilines is 1. The van der Waals surface area contributed by atoms with Crippen molar-refractivity contribution in [1.29, 1.82) is 0 Å². The number of amides is 3. The van der Waals surface area contributed by atoms with Crippen LogP contribution in [0, 0.1) is 11.7 Å². The molecule has 0 radical (unpaired) electrons. The highest BCUT2D eigenvalue weighted by atomic mass is 79.9. The third-order valence-corrected chi connectivity index (χ3v) is 5.12. The molecule has 4 N–H and O–H groups in total. The second-order valence-electron chi connectivity index (χ2n) is 7.57. The lowest BCUT2D eigenvalue weighted by Gasteiger charge is -2.29. The van der Waals surface area contributed by atoms with Gasteiger partial charge in [-0.05, 0) is 56.0 Å². The zero-order valence-corrected chi connectivity index (χ0v) is 20.0. The molecule has 0 fully saturated rings. The Morgan fingerprint density at radius 2 is 1.84 bits per heavy atom. The summed E-state index contributed by atoms with van der Waals surface area (Å²) in [6.45, 7) is 4.30. The van der Waals surface area contributed by atoms with E-state index in [0.717, 1.165) is 25.5 Å². The van der Waals surface area contributed by atoms with Gasteiger partial charge in [0.15, 0.2) is 0 Å². The van der Waals surface area contributed by atoms with E-state index in [0.29, 0.717) is 10.4 Å². The maximum absolute atomic E-state index is 13.2. The molecule has 0 saturated heterocycles. The summed E-state index contributed by atoms with van der Waals surface area (Å²) in [6.07, 6.45) is 4.05. The highest BCUT2D eigenvalue weighted by Gasteiger charge is 2.28. The third-order valence-electron chi connectivity index (χ3n) is 4.62. The number of hydrogen-bond donors (Lipinski definition) is 4. The largest absolute Gasteiger partial charge is 0.338 e. The number of carbonyl (C=O) groups is 3. The van der Waals surface area contributed by atoms with Gasteiger partial charge in [-0.1, -0.05) is 60.1 Å². The standard InChI is InChI=1S/C15H23NO.C8H7BrFN3O2/c1-13(2)11-15(12-17,16-3)10-9-14-7-5-4-6-8-14;9-5-1-2-7(6(10)3-5)12-8(15)13-11-4-14/h4-8,12-13,16H,9-11H2,1-3H3;1-4H,(H,11,14)(H2,12,13,15). The molecule has 7 nitrogen and oxygen atoms in total. The smallest absolute Gasteiger partial charge is 0.308 e. The molecule has 3 amide bonds. The van der Waals surface area contributed by atoms with Gasteiger partial charge in [0.1, 0.15) is 12.1 Å². The Morgan fingerprint density at radius 1 is 1.16 bits per heavy atom. The summed E-state index contributed by atoms with van der Waals surface area (Å²) in [6, 6.07) is 13.8. The highest BCUT2D eigenvalue weighted by molar-refractivity contribution is 9.10. The van der Waals surface area contributed by atoms with Crippen molar-refractivity contribution in [2.24, 2.45) is 5.92 Å². The van der Waals surface area contributed by atoms with Crippen molar-refractivity contribution in [3.8, 4) is 0 Å². The molecule has 0 aliphatic carbocycles. The van der Waals surface area contributed by atoms with E-state index in [1.54, 1.807) is 6.07 Å². The van der Waals surface area contributed by atoms with Gasteiger partial charge in [-0.2, -0.15) is 0 Å². The fraction of sp³-hybridized carbons (Fsp3) is 0.348. The first kappa shape index (κ1) is 27.3. The topological polar surface area (TPSA) is 99.3 Å². The lowest BCUT2D eigenvalue weighted by molar-refractivity contribution is -0.114. The van der Waals surface area contributed by atoms with Gasteiger partial charge < -0.3 is 15.4 Å². The fourth-order valence-electron chi connectivity index (χ4n) is 3.08. The summed E-state index contributed by atoms with van der Waals surface area (Å²) in [4.78, 5) is 32.2. The van der Waals surface area contributed by atoms with Crippen molar-refractivity contribution in [1.82, 2.24) is 16.2 Å². The van der Waals surface area contributed by atoms with Crippen molar-refractivity contribution < 1.29 is 18.8 Å². The number of nitrogens with one attached hydrogen (secondary N) is 4. The molecule has 0 saturated carbocycles. The molecule has 0 spiro atoms. The van der Waals surface area contributed by atoms with Gasteiger partial charge in [-0.25, -0.2) is 14.6 Å². The zero-order chi connectivity index (χ0) is 24.0. The molecule has 0 bridgehead atoms. The van der Waals surface area contributed by atoms with Crippen LogP contribution in [-0.2, 0) is 16.0 Å². The number of halogens is 2. The molecule has 0 heterocycles. The first-order chi connectivity index (χ1) is 15.2. The van der Waals surface area contributed by atoms with Crippen LogP contribution in [0.1, 0.15) is 32.3 Å². The average Bonchev–Trinajstić information content (AvgIpc) is 2.78. The van der Waals surface area contributed by atoms with Crippen LogP contribution < -0.4 is 21.5 Å². The molecule has 0 aromatic heterocycles. The summed E-state index contributed by atoms with van der Waals surface area (Å²) in [7, 11) is 1.88. The van der Waals surface area contributed by atoms with E-state index >= 15 is 0 Å². The number of aldehydes is 1. The van der Waals surface area contributed by atoms with Crippen LogP contribution in [0.2, 0.25) is 0 Å². The van der Waals surface area contributed by atoms with Crippen molar-refractivity contribution in [2.45, 2.75) is 38.6 Å². The number of likely N-dealkylation sites (N-methyl/N-ethyl adjacent to an activating group) is 1. The summed E-state index contributed by atoms with van der Waals surface area (Å²) < 4.78 is 13.7. The predicted octanol–water partition coefficient (Wildman–Crippen LogP) is 4.19. The molecule has 32 heavy (non-hydrogen) atoms. The second-order valence-corrected chi connectivity index (χ2v) is 8.49. The van der Waals surface area contributed by atoms with Gasteiger partial charge in [0.2, 0.25) is 6.41 Å². The monoisotopic (exact) mass is 508 g/mol. The maximum Gasteiger partial charge on any atom is 0.338 e. The molecule has 174 valence electrons. The molecular formula is C23H30BrFN4O3. The van der Waals surface area contributed by atoms with Crippen LogP contribution in [0.25, 0.3) is 0 Å². The molecule has 1 atom stereocenters. The number of urea groups is 1. The minimum absolute atomic E-state index is 0.0170. The van der Waals surface area contributed by atoms with E-state index in [9.17, 15) is 18.8 Å². The number of benzene rings is 2. The number of hydrazine groups is 1. The van der Waals surface area contributed by atoms with Gasteiger partial charge in [0, 0.05) is 4.47 Å². The van der Waals surface area contributed by atoms with E-state index < -0.39 is 11.8 Å². The molecule has 0 aliphatic heterocycles. The Balaban J connectivity index is 0.000000323. The molecule has 2 rings (SSSR count). The number of aryl methyl sites for hydroxylation is 1. The summed E-state index contributed by atoms with van der Waals surface area (Å²) in [5, 5.41) is 5.40. The Labute approximate surface area is 196 Å². The van der Waals surface area contributed by atoms with Gasteiger partial charge in [-0.3, -0.25) is 10.2 Å². The van der Waals surface area contributed by atoms with Crippen molar-refractivity contribution >= 4 is 40.3 Å². The first-order valence-electron chi connectivity index (χ1n) is 10.2. The lowest BCUT2D eigenvalue weighted by atomic mass is 9.85. The quantitative estimate of drug-likeness (QED) is 0.285. The lowest BCUT2D eigenvalue weighted by Crippen LogP contribution is -2.46. The molecule has 0 aliphatic rings. The van der Waals surface area contributed by atoms with Crippen LogP contribution in [0.15, 0.2) is 53.0 Å². The van der Waals surface area contributed by atoms with Crippen LogP contribution >= 0.6 is 15.9 Å². The average molecular weight is 509 g/mol. The minimum atomic E-state index is -0.733. The summed E-state index contributed by atoms with van der Waals surface area (Å²) in [5.74, 6) is -0.0611. The van der Waals surface area contributed by atoms with E-state index in [1.807, 2.05) is 36.1 Å². The zero-order valence-electron chi connectivity index (χ0n) is 18.5. The number of carbonyl (C=O) groups excluding carboxylic acids is 3. The molecule has 2 aromatic rings. The molecule has 9 heteroatoms. The van der Waals surface area contributed by atoms with Crippen molar-refractivity contribution in [3.05, 3.63) is 64.4 Å². The Bertz CT molecular complexity index is 868. The summed E-state index contributed by atoms with van der Waals surface area (Å²) in [5.41, 5.74) is 4.84. The van der Waals surface area contributed by atoms with Gasteiger partial charge >= 0.3 is 6.03 Å². The van der Waals surface area contributed by atoms with Crippen LogP contribution in [-0.4, -0.2) is 31.3 Å². The van der Waals surface area contributed by atoms with Crippen LogP contribution in [0.4, 0.5) is 14.9 Å².